The first-order valence-corrected chi connectivity index (χ1v) is 6.78. The van der Waals surface area contributed by atoms with Crippen LogP contribution in [0.25, 0.3) is 0 Å². The van der Waals surface area contributed by atoms with Gasteiger partial charge in [0.1, 0.15) is 0 Å². The van der Waals surface area contributed by atoms with Crippen molar-refractivity contribution in [3.8, 4) is 0 Å². The number of benzene rings is 1. The van der Waals surface area contributed by atoms with Crippen LogP contribution in [0.4, 0.5) is 0 Å². The first-order valence-electron chi connectivity index (χ1n) is 5.90. The molecule has 2 nitrogen and oxygen atoms in total. The average molecular weight is 246 g/mol. The van der Waals surface area contributed by atoms with Crippen molar-refractivity contribution in [2.75, 3.05) is 6.54 Å². The van der Waals surface area contributed by atoms with E-state index in [0.29, 0.717) is 0 Å². The van der Waals surface area contributed by atoms with Gasteiger partial charge in [0.25, 0.3) is 0 Å². The molecule has 0 saturated carbocycles. The third-order valence-corrected chi connectivity index (χ3v) is 3.56. The molecule has 2 rings (SSSR count). The van der Waals surface area contributed by atoms with Crippen molar-refractivity contribution in [2.45, 2.75) is 26.8 Å². The van der Waals surface area contributed by atoms with Gasteiger partial charge in [-0.2, -0.15) is 0 Å². The SMILES string of the molecule is CCNC(c1cc(C)cc(C)c1)c1cncs1. The molecule has 0 aliphatic carbocycles. The number of thiazole rings is 1. The molecule has 2 aromatic rings. The maximum Gasteiger partial charge on any atom is 0.0794 e. The number of nitrogens with one attached hydrogen (secondary N) is 1. The van der Waals surface area contributed by atoms with Crippen LogP contribution in [0.2, 0.25) is 0 Å². The molecular formula is C14H18N2S. The van der Waals surface area contributed by atoms with E-state index < -0.39 is 0 Å². The molecule has 90 valence electrons. The Bertz CT molecular complexity index is 457. The van der Waals surface area contributed by atoms with Gasteiger partial charge in [-0.15, -0.1) is 11.3 Å². The van der Waals surface area contributed by atoms with Crippen LogP contribution in [0.15, 0.2) is 29.9 Å². The van der Waals surface area contributed by atoms with Gasteiger partial charge in [-0.05, 0) is 26.0 Å². The number of hydrogen-bond acceptors (Lipinski definition) is 3. The van der Waals surface area contributed by atoms with Crippen LogP contribution in [-0.4, -0.2) is 11.5 Å². The minimum absolute atomic E-state index is 0.270. The van der Waals surface area contributed by atoms with E-state index in [-0.39, 0.29) is 6.04 Å². The highest BCUT2D eigenvalue weighted by molar-refractivity contribution is 7.09. The van der Waals surface area contributed by atoms with Crippen molar-refractivity contribution in [2.24, 2.45) is 0 Å². The fraction of sp³-hybridized carbons (Fsp3) is 0.357. The van der Waals surface area contributed by atoms with E-state index in [1.165, 1.54) is 21.6 Å². The fourth-order valence-electron chi connectivity index (χ4n) is 2.13. The molecule has 1 N–H and O–H groups in total. The van der Waals surface area contributed by atoms with Gasteiger partial charge < -0.3 is 5.32 Å². The number of aryl methyl sites for hydroxylation is 2. The Morgan fingerprint density at radius 2 is 1.94 bits per heavy atom. The molecule has 0 radical (unpaired) electrons. The normalized spacial score (nSPS) is 12.6. The second-order valence-corrected chi connectivity index (χ2v) is 5.23. The molecule has 0 fully saturated rings. The van der Waals surface area contributed by atoms with Gasteiger partial charge in [-0.3, -0.25) is 4.98 Å². The summed E-state index contributed by atoms with van der Waals surface area (Å²) in [6.45, 7) is 7.38. The van der Waals surface area contributed by atoms with Crippen molar-refractivity contribution in [3.05, 3.63) is 51.5 Å². The first-order chi connectivity index (χ1) is 8.20. The van der Waals surface area contributed by atoms with E-state index in [2.05, 4.69) is 49.3 Å². The zero-order valence-electron chi connectivity index (χ0n) is 10.5. The van der Waals surface area contributed by atoms with E-state index in [9.17, 15) is 0 Å². The summed E-state index contributed by atoms with van der Waals surface area (Å²) in [5, 5.41) is 3.53. The van der Waals surface area contributed by atoms with E-state index >= 15 is 0 Å². The largest absolute Gasteiger partial charge is 0.306 e. The number of aromatic nitrogens is 1. The monoisotopic (exact) mass is 246 g/mol. The van der Waals surface area contributed by atoms with Gasteiger partial charge in [0, 0.05) is 11.1 Å². The van der Waals surface area contributed by atoms with Crippen molar-refractivity contribution in [3.63, 3.8) is 0 Å². The average Bonchev–Trinajstić information content (AvgIpc) is 2.77. The summed E-state index contributed by atoms with van der Waals surface area (Å²) in [4.78, 5) is 5.45. The second kappa shape index (κ2) is 5.43. The smallest absolute Gasteiger partial charge is 0.0794 e. The highest BCUT2D eigenvalue weighted by Crippen LogP contribution is 2.26. The molecule has 0 spiro atoms. The predicted molar refractivity (Wildman–Crippen MR) is 73.5 cm³/mol. The lowest BCUT2D eigenvalue weighted by molar-refractivity contribution is 0.638. The topological polar surface area (TPSA) is 24.9 Å². The Kier molecular flexibility index (Phi) is 3.92. The molecule has 1 aromatic heterocycles. The summed E-state index contributed by atoms with van der Waals surface area (Å²) in [6, 6.07) is 6.98. The lowest BCUT2D eigenvalue weighted by Gasteiger charge is -2.17. The fourth-order valence-corrected chi connectivity index (χ4v) is 2.85. The Labute approximate surface area is 107 Å². The third kappa shape index (κ3) is 2.93. The predicted octanol–water partition coefficient (Wildman–Crippen LogP) is 3.46. The van der Waals surface area contributed by atoms with Crippen LogP contribution in [0.5, 0.6) is 0 Å². The summed E-state index contributed by atoms with van der Waals surface area (Å²) in [5.41, 5.74) is 5.84. The van der Waals surface area contributed by atoms with Gasteiger partial charge in [0.2, 0.25) is 0 Å². The lowest BCUT2D eigenvalue weighted by atomic mass is 10.0. The zero-order valence-corrected chi connectivity index (χ0v) is 11.3. The van der Waals surface area contributed by atoms with Crippen molar-refractivity contribution in [1.29, 1.82) is 0 Å². The Morgan fingerprint density at radius 3 is 2.47 bits per heavy atom. The maximum absolute atomic E-state index is 4.17. The molecule has 1 atom stereocenters. The standard InChI is InChI=1S/C14H18N2S/c1-4-16-14(13-8-15-9-17-13)12-6-10(2)5-11(3)7-12/h5-9,14,16H,4H2,1-3H3. The minimum atomic E-state index is 0.270. The summed E-state index contributed by atoms with van der Waals surface area (Å²) in [6.07, 6.45) is 1.95. The van der Waals surface area contributed by atoms with Gasteiger partial charge in [0.15, 0.2) is 0 Å². The molecule has 1 heterocycles. The molecule has 0 amide bonds. The van der Waals surface area contributed by atoms with Gasteiger partial charge in [-0.1, -0.05) is 36.2 Å². The number of nitrogens with zero attached hydrogens (tertiary/aromatic N) is 1. The third-order valence-electron chi connectivity index (χ3n) is 2.72. The van der Waals surface area contributed by atoms with Crippen LogP contribution in [-0.2, 0) is 0 Å². The second-order valence-electron chi connectivity index (χ2n) is 4.32. The van der Waals surface area contributed by atoms with E-state index in [0.717, 1.165) is 6.54 Å². The van der Waals surface area contributed by atoms with E-state index in [1.807, 2.05) is 11.7 Å². The quantitative estimate of drug-likeness (QED) is 0.893. The van der Waals surface area contributed by atoms with E-state index in [1.54, 1.807) is 11.3 Å². The maximum atomic E-state index is 4.17. The Morgan fingerprint density at radius 1 is 1.24 bits per heavy atom. The molecule has 17 heavy (non-hydrogen) atoms. The van der Waals surface area contributed by atoms with Crippen molar-refractivity contribution in [1.82, 2.24) is 10.3 Å². The van der Waals surface area contributed by atoms with Crippen molar-refractivity contribution >= 4 is 11.3 Å². The lowest BCUT2D eigenvalue weighted by Crippen LogP contribution is -2.21. The molecule has 3 heteroatoms. The molecule has 0 bridgehead atoms. The molecule has 1 aromatic carbocycles. The summed E-state index contributed by atoms with van der Waals surface area (Å²) < 4.78 is 0. The van der Waals surface area contributed by atoms with Crippen LogP contribution in [0.3, 0.4) is 0 Å². The van der Waals surface area contributed by atoms with Gasteiger partial charge in [0.05, 0.1) is 11.6 Å². The van der Waals surface area contributed by atoms with Gasteiger partial charge >= 0.3 is 0 Å². The number of rotatable bonds is 4. The molecule has 0 aliphatic rings. The molecule has 0 aliphatic heterocycles. The Hall–Kier alpha value is -1.19. The van der Waals surface area contributed by atoms with Crippen LogP contribution >= 0.6 is 11.3 Å². The van der Waals surface area contributed by atoms with Gasteiger partial charge in [-0.25, -0.2) is 0 Å². The van der Waals surface area contributed by atoms with Crippen LogP contribution in [0, 0.1) is 13.8 Å². The van der Waals surface area contributed by atoms with Crippen LogP contribution < -0.4 is 5.32 Å². The molecule has 1 unspecified atom stereocenters. The van der Waals surface area contributed by atoms with Crippen molar-refractivity contribution < 1.29 is 0 Å². The highest BCUT2D eigenvalue weighted by Gasteiger charge is 2.14. The first kappa shape index (κ1) is 12.3. The highest BCUT2D eigenvalue weighted by atomic mass is 32.1. The molecular weight excluding hydrogens is 228 g/mol. The molecule has 0 saturated heterocycles. The van der Waals surface area contributed by atoms with E-state index in [4.69, 9.17) is 0 Å². The summed E-state index contributed by atoms with van der Waals surface area (Å²) in [7, 11) is 0. The number of hydrogen-bond donors (Lipinski definition) is 1. The summed E-state index contributed by atoms with van der Waals surface area (Å²) in [5.74, 6) is 0. The van der Waals surface area contributed by atoms with Crippen LogP contribution in [0.1, 0.15) is 34.5 Å². The Balaban J connectivity index is 2.38. The minimum Gasteiger partial charge on any atom is -0.306 e. The zero-order chi connectivity index (χ0) is 12.3. The summed E-state index contributed by atoms with van der Waals surface area (Å²) >= 11 is 1.70.